The lowest BCUT2D eigenvalue weighted by Gasteiger charge is -2.14. The van der Waals surface area contributed by atoms with E-state index in [9.17, 15) is 4.39 Å². The summed E-state index contributed by atoms with van der Waals surface area (Å²) in [6.45, 7) is 0. The van der Waals surface area contributed by atoms with E-state index in [1.807, 2.05) is 0 Å². The second-order valence-electron chi connectivity index (χ2n) is 3.51. The zero-order chi connectivity index (χ0) is 12.4. The average Bonchev–Trinajstić information content (AvgIpc) is 2.74. The van der Waals surface area contributed by atoms with Crippen molar-refractivity contribution in [3.8, 4) is 5.75 Å². The molecule has 0 aliphatic rings. The van der Waals surface area contributed by atoms with Gasteiger partial charge in [-0.1, -0.05) is 0 Å². The van der Waals surface area contributed by atoms with Gasteiger partial charge in [-0.2, -0.15) is 0 Å². The van der Waals surface area contributed by atoms with Crippen molar-refractivity contribution in [2.75, 3.05) is 7.11 Å². The van der Waals surface area contributed by atoms with Crippen LogP contribution in [0, 0.1) is 5.82 Å². The molecule has 90 valence electrons. The van der Waals surface area contributed by atoms with E-state index in [1.165, 1.54) is 25.5 Å². The fraction of sp³-hybridized carbons (Fsp3) is 0.167. The number of ether oxygens (including phenoxy) is 1. The fourth-order valence-electron chi connectivity index (χ4n) is 1.64. The molecule has 0 amide bonds. The smallest absolute Gasteiger partial charge is 0.174 e. The number of benzene rings is 1. The molecule has 1 aromatic heterocycles. The first-order valence-electron chi connectivity index (χ1n) is 4.95. The second kappa shape index (κ2) is 4.89. The predicted molar refractivity (Wildman–Crippen MR) is 65.4 cm³/mol. The Morgan fingerprint density at radius 2 is 2.12 bits per heavy atom. The summed E-state index contributed by atoms with van der Waals surface area (Å²) in [4.78, 5) is 0. The first-order chi connectivity index (χ1) is 8.13. The van der Waals surface area contributed by atoms with Crippen LogP contribution in [-0.2, 0) is 0 Å². The number of nitrogens with two attached hydrogens (primary N) is 1. The molecule has 0 aliphatic carbocycles. The number of halogens is 2. The highest BCUT2D eigenvalue weighted by Gasteiger charge is 2.18. The molecule has 0 radical (unpaired) electrons. The minimum absolute atomic E-state index is 0.351. The van der Waals surface area contributed by atoms with Crippen molar-refractivity contribution in [3.05, 3.63) is 52.1 Å². The summed E-state index contributed by atoms with van der Waals surface area (Å²) < 4.78 is 24.1. The third-order valence-electron chi connectivity index (χ3n) is 2.51. The summed E-state index contributed by atoms with van der Waals surface area (Å²) >= 11 is 3.25. The molecule has 1 heterocycles. The molecule has 1 atom stereocenters. The highest BCUT2D eigenvalue weighted by molar-refractivity contribution is 9.10. The van der Waals surface area contributed by atoms with Crippen LogP contribution in [0.1, 0.15) is 17.2 Å². The van der Waals surface area contributed by atoms with Gasteiger partial charge >= 0.3 is 0 Å². The zero-order valence-electron chi connectivity index (χ0n) is 9.11. The van der Waals surface area contributed by atoms with Crippen LogP contribution in [0.15, 0.2) is 39.6 Å². The Balaban J connectivity index is 2.46. The van der Waals surface area contributed by atoms with Gasteiger partial charge in [-0.3, -0.25) is 0 Å². The van der Waals surface area contributed by atoms with Crippen LogP contribution >= 0.6 is 15.9 Å². The van der Waals surface area contributed by atoms with E-state index in [-0.39, 0.29) is 5.82 Å². The fourth-order valence-corrected chi connectivity index (χ4v) is 2.13. The number of methoxy groups -OCH3 is 1. The molecule has 2 aromatic rings. The van der Waals surface area contributed by atoms with Crippen molar-refractivity contribution < 1.29 is 13.5 Å². The van der Waals surface area contributed by atoms with E-state index in [0.717, 1.165) is 5.56 Å². The molecule has 0 saturated carbocycles. The van der Waals surface area contributed by atoms with Gasteiger partial charge in [0, 0.05) is 11.1 Å². The summed E-state index contributed by atoms with van der Waals surface area (Å²) in [7, 11) is 1.52. The molecular formula is C12H11BrFNO2. The Hall–Kier alpha value is -1.33. The summed E-state index contributed by atoms with van der Waals surface area (Å²) in [5.41, 5.74) is 7.39. The quantitative estimate of drug-likeness (QED) is 0.946. The Morgan fingerprint density at radius 3 is 2.71 bits per heavy atom. The molecule has 0 spiro atoms. The Morgan fingerprint density at radius 1 is 1.35 bits per heavy atom. The Bertz CT molecular complexity index is 527. The van der Waals surface area contributed by atoms with E-state index >= 15 is 0 Å². The van der Waals surface area contributed by atoms with E-state index in [4.69, 9.17) is 14.9 Å². The van der Waals surface area contributed by atoms with Gasteiger partial charge in [0.1, 0.15) is 11.6 Å². The topological polar surface area (TPSA) is 48.4 Å². The van der Waals surface area contributed by atoms with Crippen LogP contribution in [-0.4, -0.2) is 7.11 Å². The molecule has 17 heavy (non-hydrogen) atoms. The van der Waals surface area contributed by atoms with Crippen molar-refractivity contribution in [2.24, 2.45) is 5.73 Å². The first-order valence-corrected chi connectivity index (χ1v) is 5.74. The monoisotopic (exact) mass is 299 g/mol. The molecule has 0 aliphatic heterocycles. The van der Waals surface area contributed by atoms with Crippen molar-refractivity contribution in [2.45, 2.75) is 6.04 Å². The molecule has 2 N–H and O–H groups in total. The van der Waals surface area contributed by atoms with Crippen LogP contribution in [0.4, 0.5) is 4.39 Å². The van der Waals surface area contributed by atoms with Crippen molar-refractivity contribution in [3.63, 3.8) is 0 Å². The lowest BCUT2D eigenvalue weighted by atomic mass is 10.0. The summed E-state index contributed by atoms with van der Waals surface area (Å²) in [5, 5.41) is 0. The van der Waals surface area contributed by atoms with Gasteiger partial charge in [-0.25, -0.2) is 4.39 Å². The lowest BCUT2D eigenvalue weighted by molar-refractivity contribution is 0.406. The normalized spacial score (nSPS) is 12.5. The number of rotatable bonds is 3. The van der Waals surface area contributed by atoms with Gasteiger partial charge in [0.15, 0.2) is 4.67 Å². The van der Waals surface area contributed by atoms with Crippen molar-refractivity contribution in [1.82, 2.24) is 0 Å². The molecule has 1 aromatic carbocycles. The minimum Gasteiger partial charge on any atom is -0.496 e. The summed E-state index contributed by atoms with van der Waals surface area (Å²) in [6.07, 6.45) is 1.52. The first kappa shape index (κ1) is 12.1. The third-order valence-corrected chi connectivity index (χ3v) is 3.15. The summed E-state index contributed by atoms with van der Waals surface area (Å²) in [5.74, 6) is 0.197. The minimum atomic E-state index is -0.506. The van der Waals surface area contributed by atoms with Crippen LogP contribution in [0.3, 0.4) is 0 Å². The maximum atomic E-state index is 13.2. The average molecular weight is 300 g/mol. The molecule has 0 fully saturated rings. The maximum Gasteiger partial charge on any atom is 0.174 e. The largest absolute Gasteiger partial charge is 0.496 e. The molecule has 3 nitrogen and oxygen atoms in total. The van der Waals surface area contributed by atoms with E-state index < -0.39 is 6.04 Å². The molecule has 1 unspecified atom stereocenters. The van der Waals surface area contributed by atoms with Crippen LogP contribution < -0.4 is 10.5 Å². The maximum absolute atomic E-state index is 13.2. The van der Waals surface area contributed by atoms with Gasteiger partial charge in [0.2, 0.25) is 0 Å². The molecule has 0 bridgehead atoms. The standard InChI is InChI=1S/C12H11BrFNO2/c1-16-10-3-2-7(14)6-9(10)11(15)8-4-5-17-12(8)13/h2-6,11H,15H2,1H3. The zero-order valence-corrected chi connectivity index (χ0v) is 10.7. The van der Waals surface area contributed by atoms with Gasteiger partial charge in [0.05, 0.1) is 19.4 Å². The lowest BCUT2D eigenvalue weighted by Crippen LogP contribution is -2.13. The van der Waals surface area contributed by atoms with Gasteiger partial charge in [0.25, 0.3) is 0 Å². The van der Waals surface area contributed by atoms with Crippen LogP contribution in [0.25, 0.3) is 0 Å². The number of hydrogen-bond acceptors (Lipinski definition) is 3. The Labute approximate surface area is 106 Å². The van der Waals surface area contributed by atoms with Crippen LogP contribution in [0.2, 0.25) is 0 Å². The van der Waals surface area contributed by atoms with Crippen LogP contribution in [0.5, 0.6) is 5.75 Å². The number of furan rings is 1. The highest BCUT2D eigenvalue weighted by Crippen LogP contribution is 2.32. The molecule has 5 heteroatoms. The Kier molecular flexibility index (Phi) is 3.49. The van der Waals surface area contributed by atoms with Gasteiger partial charge in [-0.05, 0) is 40.2 Å². The van der Waals surface area contributed by atoms with E-state index in [1.54, 1.807) is 12.1 Å². The molecule has 2 rings (SSSR count). The summed E-state index contributed by atoms with van der Waals surface area (Å²) in [6, 6.07) is 5.48. The third kappa shape index (κ3) is 2.35. The molecular weight excluding hydrogens is 289 g/mol. The van der Waals surface area contributed by atoms with Crippen molar-refractivity contribution in [1.29, 1.82) is 0 Å². The SMILES string of the molecule is COc1ccc(F)cc1C(N)c1ccoc1Br. The second-order valence-corrected chi connectivity index (χ2v) is 4.23. The molecule has 0 saturated heterocycles. The predicted octanol–water partition coefficient (Wildman–Crippen LogP) is 3.24. The number of hydrogen-bond donors (Lipinski definition) is 1. The highest BCUT2D eigenvalue weighted by atomic mass is 79.9. The van der Waals surface area contributed by atoms with Crippen molar-refractivity contribution >= 4 is 15.9 Å². The van der Waals surface area contributed by atoms with Gasteiger partial charge in [-0.15, -0.1) is 0 Å². The van der Waals surface area contributed by atoms with Gasteiger partial charge < -0.3 is 14.9 Å². The van der Waals surface area contributed by atoms with E-state index in [2.05, 4.69) is 15.9 Å². The van der Waals surface area contributed by atoms with E-state index in [0.29, 0.717) is 16.0 Å².